The van der Waals surface area contributed by atoms with Crippen molar-refractivity contribution in [2.24, 2.45) is 10.9 Å². The highest BCUT2D eigenvalue weighted by atomic mass is 16.5. The van der Waals surface area contributed by atoms with E-state index in [9.17, 15) is 0 Å². The molecule has 0 saturated carbocycles. The normalized spacial score (nSPS) is 23.4. The van der Waals surface area contributed by atoms with Gasteiger partial charge in [-0.3, -0.25) is 0 Å². The van der Waals surface area contributed by atoms with E-state index >= 15 is 0 Å². The molecule has 1 aliphatic rings. The number of benzene rings is 1. The maximum atomic E-state index is 5.84. The molecule has 0 bridgehead atoms. The molecule has 2 heteroatoms. The van der Waals surface area contributed by atoms with Crippen LogP contribution < -0.4 is 0 Å². The van der Waals surface area contributed by atoms with E-state index in [1.54, 1.807) is 0 Å². The van der Waals surface area contributed by atoms with Crippen molar-refractivity contribution in [2.75, 3.05) is 0 Å². The third-order valence-corrected chi connectivity index (χ3v) is 2.88. The number of hydrogen-bond acceptors (Lipinski definition) is 2. The van der Waals surface area contributed by atoms with Gasteiger partial charge in [0, 0.05) is 5.56 Å². The maximum absolute atomic E-state index is 5.84. The molecule has 1 aromatic rings. The number of hydrogen-bond donors (Lipinski definition) is 0. The zero-order valence-electron chi connectivity index (χ0n) is 10.5. The van der Waals surface area contributed by atoms with Crippen LogP contribution in [0.2, 0.25) is 0 Å². The van der Waals surface area contributed by atoms with Crippen LogP contribution in [0.3, 0.4) is 0 Å². The van der Waals surface area contributed by atoms with Gasteiger partial charge in [0.25, 0.3) is 0 Å². The van der Waals surface area contributed by atoms with E-state index < -0.39 is 0 Å². The van der Waals surface area contributed by atoms with Gasteiger partial charge in [-0.25, -0.2) is 4.99 Å². The van der Waals surface area contributed by atoms with E-state index in [0.29, 0.717) is 5.92 Å². The summed E-state index contributed by atoms with van der Waals surface area (Å²) in [5.74, 6) is 1.37. The van der Waals surface area contributed by atoms with Crippen molar-refractivity contribution < 1.29 is 4.74 Å². The van der Waals surface area contributed by atoms with Crippen LogP contribution in [0.4, 0.5) is 0 Å². The van der Waals surface area contributed by atoms with E-state index in [0.717, 1.165) is 17.9 Å². The van der Waals surface area contributed by atoms with Gasteiger partial charge in [0.2, 0.25) is 5.90 Å². The summed E-state index contributed by atoms with van der Waals surface area (Å²) in [4.78, 5) is 4.67. The van der Waals surface area contributed by atoms with Gasteiger partial charge in [-0.05, 0) is 30.5 Å². The average Bonchev–Trinajstić information content (AvgIpc) is 2.72. The molecule has 0 amide bonds. The smallest absolute Gasteiger partial charge is 0.217 e. The van der Waals surface area contributed by atoms with E-state index in [1.807, 2.05) is 36.4 Å². The van der Waals surface area contributed by atoms with Crippen molar-refractivity contribution in [2.45, 2.75) is 32.4 Å². The molecule has 1 unspecified atom stereocenters. The molecular weight excluding hydrogens is 210 g/mol. The first kappa shape index (κ1) is 11.9. The number of nitrogens with zero attached hydrogens (tertiary/aromatic N) is 1. The lowest BCUT2D eigenvalue weighted by Crippen LogP contribution is -2.21. The summed E-state index contributed by atoms with van der Waals surface area (Å²) < 4.78 is 5.84. The minimum Gasteiger partial charge on any atom is -0.468 e. The van der Waals surface area contributed by atoms with Crippen molar-refractivity contribution in [1.29, 1.82) is 0 Å². The molecular formula is C15H19NO. The number of ether oxygens (including phenoxy) is 1. The summed E-state index contributed by atoms with van der Waals surface area (Å²) in [6, 6.07) is 10.3. The second-order valence-electron chi connectivity index (χ2n) is 4.82. The van der Waals surface area contributed by atoms with Crippen LogP contribution in [0, 0.1) is 5.92 Å². The maximum Gasteiger partial charge on any atom is 0.217 e. The van der Waals surface area contributed by atoms with Crippen LogP contribution in [0.25, 0.3) is 0 Å². The van der Waals surface area contributed by atoms with Crippen molar-refractivity contribution in [3.8, 4) is 0 Å². The van der Waals surface area contributed by atoms with Gasteiger partial charge in [0.05, 0.1) is 6.04 Å². The van der Waals surface area contributed by atoms with Gasteiger partial charge in [-0.2, -0.15) is 0 Å². The Morgan fingerprint density at radius 1 is 1.35 bits per heavy atom. The highest BCUT2D eigenvalue weighted by Gasteiger charge is 2.29. The van der Waals surface area contributed by atoms with Crippen LogP contribution in [-0.2, 0) is 4.74 Å². The second kappa shape index (κ2) is 5.17. The summed E-state index contributed by atoms with van der Waals surface area (Å²) in [6.45, 7) is 8.24. The lowest BCUT2D eigenvalue weighted by molar-refractivity contribution is 0.229. The van der Waals surface area contributed by atoms with Gasteiger partial charge in [0.1, 0.15) is 6.10 Å². The molecule has 0 aliphatic carbocycles. The Balaban J connectivity index is 2.18. The molecule has 0 N–H and O–H groups in total. The minimum atomic E-state index is 0.0209. The monoisotopic (exact) mass is 229 g/mol. The molecule has 0 saturated heterocycles. The first-order valence-electron chi connectivity index (χ1n) is 6.13. The summed E-state index contributed by atoms with van der Waals surface area (Å²) >= 11 is 0. The lowest BCUT2D eigenvalue weighted by atomic mass is 10.0. The Kier molecular flexibility index (Phi) is 3.62. The highest BCUT2D eigenvalue weighted by Crippen LogP contribution is 2.23. The Labute approximate surface area is 103 Å². The summed E-state index contributed by atoms with van der Waals surface area (Å²) in [6.07, 6.45) is 2.91. The van der Waals surface area contributed by atoms with Crippen molar-refractivity contribution in [3.63, 3.8) is 0 Å². The van der Waals surface area contributed by atoms with E-state index in [4.69, 9.17) is 4.74 Å². The zero-order valence-corrected chi connectivity index (χ0v) is 10.5. The van der Waals surface area contributed by atoms with Gasteiger partial charge in [0.15, 0.2) is 0 Å². The Morgan fingerprint density at radius 3 is 2.65 bits per heavy atom. The predicted octanol–water partition coefficient (Wildman–Crippen LogP) is 3.43. The van der Waals surface area contributed by atoms with Crippen LogP contribution in [0.15, 0.2) is 48.0 Å². The quantitative estimate of drug-likeness (QED) is 0.725. The van der Waals surface area contributed by atoms with Gasteiger partial charge in [-0.1, -0.05) is 38.6 Å². The lowest BCUT2D eigenvalue weighted by Gasteiger charge is -2.15. The fourth-order valence-electron chi connectivity index (χ4n) is 2.06. The van der Waals surface area contributed by atoms with Crippen molar-refractivity contribution in [3.05, 3.63) is 48.6 Å². The molecule has 0 radical (unpaired) electrons. The molecule has 0 aromatic heterocycles. The fourth-order valence-corrected chi connectivity index (χ4v) is 2.06. The minimum absolute atomic E-state index is 0.0209. The molecule has 0 spiro atoms. The first-order chi connectivity index (χ1) is 8.20. The highest BCUT2D eigenvalue weighted by molar-refractivity contribution is 5.95. The molecule has 1 aromatic carbocycles. The van der Waals surface area contributed by atoms with Crippen LogP contribution >= 0.6 is 0 Å². The van der Waals surface area contributed by atoms with E-state index in [2.05, 4.69) is 25.4 Å². The Morgan fingerprint density at radius 2 is 2.06 bits per heavy atom. The molecule has 2 rings (SSSR count). The van der Waals surface area contributed by atoms with E-state index in [1.165, 1.54) is 0 Å². The third kappa shape index (κ3) is 2.76. The summed E-state index contributed by atoms with van der Waals surface area (Å²) in [5.41, 5.74) is 1.05. The Hall–Kier alpha value is -1.57. The number of aliphatic imine (C=N–C) groups is 1. The van der Waals surface area contributed by atoms with Crippen molar-refractivity contribution >= 4 is 5.90 Å². The third-order valence-electron chi connectivity index (χ3n) is 2.88. The molecule has 1 aliphatic heterocycles. The van der Waals surface area contributed by atoms with Gasteiger partial charge >= 0.3 is 0 Å². The second-order valence-corrected chi connectivity index (χ2v) is 4.82. The summed E-state index contributed by atoms with van der Waals surface area (Å²) in [5, 5.41) is 0. The Bertz CT molecular complexity index is 408. The average molecular weight is 229 g/mol. The van der Waals surface area contributed by atoms with Crippen LogP contribution in [0.1, 0.15) is 25.8 Å². The molecule has 17 heavy (non-hydrogen) atoms. The predicted molar refractivity (Wildman–Crippen MR) is 71.3 cm³/mol. The van der Waals surface area contributed by atoms with Gasteiger partial charge in [-0.15, -0.1) is 0 Å². The molecule has 90 valence electrons. The van der Waals surface area contributed by atoms with Crippen LogP contribution in [0.5, 0.6) is 0 Å². The largest absolute Gasteiger partial charge is 0.468 e. The first-order valence-corrected chi connectivity index (χ1v) is 6.13. The standard InChI is InChI=1S/C15H19NO/c1-4-14-13(10-11(2)3)16-15(17-14)12-8-6-5-7-9-12/h4-9,11,13-14H,1,10H2,2-3H3/t13-,14?/m0/s1. The van der Waals surface area contributed by atoms with E-state index in [-0.39, 0.29) is 12.1 Å². The molecule has 0 fully saturated rings. The van der Waals surface area contributed by atoms with Crippen LogP contribution in [-0.4, -0.2) is 18.0 Å². The van der Waals surface area contributed by atoms with Gasteiger partial charge < -0.3 is 4.74 Å². The summed E-state index contributed by atoms with van der Waals surface area (Å²) in [7, 11) is 0. The SMILES string of the molecule is C=CC1OC(c2ccccc2)=N[C@H]1CC(C)C. The molecule has 2 atom stereocenters. The zero-order chi connectivity index (χ0) is 12.3. The fraction of sp³-hybridized carbons (Fsp3) is 0.400. The topological polar surface area (TPSA) is 21.6 Å². The molecule has 1 heterocycles. The van der Waals surface area contributed by atoms with Crippen molar-refractivity contribution in [1.82, 2.24) is 0 Å². The number of rotatable bonds is 4. The molecule has 2 nitrogen and oxygen atoms in total.